The van der Waals surface area contributed by atoms with E-state index in [1.807, 2.05) is 54.6 Å². The number of hydrogen-bond acceptors (Lipinski definition) is 7. The quantitative estimate of drug-likeness (QED) is 0.174. The molecule has 8 heteroatoms. The molecule has 0 fully saturated rings. The van der Waals surface area contributed by atoms with E-state index < -0.39 is 0 Å². The van der Waals surface area contributed by atoms with Gasteiger partial charge in [-0.15, -0.1) is 6.42 Å². The SMILES string of the molecule is [B]=C(COc1ccc2ncnc(Nc3cccc(C#C)c3)c2c1)Nc1cc(C2CC=CS2)ccc1N. The van der Waals surface area contributed by atoms with Crippen LogP contribution < -0.4 is 21.1 Å². The molecule has 175 valence electrons. The number of ether oxygens (including phenoxy) is 1. The van der Waals surface area contributed by atoms with Gasteiger partial charge in [-0.2, -0.15) is 0 Å². The predicted molar refractivity (Wildman–Crippen MR) is 152 cm³/mol. The number of benzene rings is 3. The fourth-order valence-electron chi connectivity index (χ4n) is 3.90. The third-order valence-corrected chi connectivity index (χ3v) is 6.87. The van der Waals surface area contributed by atoms with Crippen molar-refractivity contribution in [3.05, 3.63) is 89.6 Å². The van der Waals surface area contributed by atoms with Crippen molar-refractivity contribution in [1.82, 2.24) is 9.97 Å². The standard InChI is InChI=1S/C28H23BN5OS/c1-2-18-5-3-6-20(13-18)33-28-22-15-21(9-11-24(22)31-17-32-28)35-16-27(29)34-25-14-19(8-10-23(25)30)26-7-4-12-36-26/h1,3-6,8-15,17,26,34H,7,16,30H2,(H,31,32,33). The Hall–Kier alpha value is -4.22. The Morgan fingerprint density at radius 3 is 2.92 bits per heavy atom. The zero-order valence-corrected chi connectivity index (χ0v) is 20.3. The molecule has 5 rings (SSSR count). The van der Waals surface area contributed by atoms with E-state index in [-0.39, 0.29) is 6.61 Å². The first-order chi connectivity index (χ1) is 17.6. The van der Waals surface area contributed by atoms with E-state index in [4.69, 9.17) is 24.4 Å². The molecule has 1 radical (unpaired) electrons. The molecule has 2 heterocycles. The van der Waals surface area contributed by atoms with Crippen molar-refractivity contribution in [3.8, 4) is 18.1 Å². The number of nitrogens with zero attached hydrogens (tertiary/aromatic N) is 2. The molecule has 4 aromatic rings. The van der Waals surface area contributed by atoms with Crippen LogP contribution in [0.4, 0.5) is 22.9 Å². The van der Waals surface area contributed by atoms with Crippen molar-refractivity contribution in [2.75, 3.05) is 23.0 Å². The molecule has 0 spiro atoms. The topological polar surface area (TPSA) is 85.1 Å². The van der Waals surface area contributed by atoms with Crippen LogP contribution in [0.15, 0.2) is 78.5 Å². The van der Waals surface area contributed by atoms with E-state index in [0.29, 0.717) is 28.1 Å². The van der Waals surface area contributed by atoms with E-state index in [9.17, 15) is 0 Å². The number of hydrogen-bond donors (Lipinski definition) is 3. The van der Waals surface area contributed by atoms with Crippen LogP contribution in [0.1, 0.15) is 22.8 Å². The van der Waals surface area contributed by atoms with Crippen LogP contribution in [-0.2, 0) is 0 Å². The first-order valence-corrected chi connectivity index (χ1v) is 12.3. The maximum atomic E-state index is 6.25. The van der Waals surface area contributed by atoms with Crippen LogP contribution in [0.5, 0.6) is 5.75 Å². The van der Waals surface area contributed by atoms with E-state index in [1.165, 1.54) is 11.9 Å². The zero-order valence-electron chi connectivity index (χ0n) is 19.4. The molecule has 0 bridgehead atoms. The van der Waals surface area contributed by atoms with Gasteiger partial charge in [0.05, 0.1) is 0 Å². The summed E-state index contributed by atoms with van der Waals surface area (Å²) in [6.45, 7) is 0.162. The second-order valence-electron chi connectivity index (χ2n) is 8.27. The second kappa shape index (κ2) is 10.6. The number of rotatable bonds is 8. The van der Waals surface area contributed by atoms with Gasteiger partial charge in [-0.1, -0.05) is 0 Å². The summed E-state index contributed by atoms with van der Waals surface area (Å²) in [6.07, 6.45) is 10.2. The molecule has 6 nitrogen and oxygen atoms in total. The number of aromatic nitrogens is 2. The molecule has 1 aromatic heterocycles. The summed E-state index contributed by atoms with van der Waals surface area (Å²) in [5.41, 5.74) is 11.6. The molecule has 1 aliphatic rings. The van der Waals surface area contributed by atoms with Gasteiger partial charge >= 0.3 is 209 Å². The molecule has 0 saturated heterocycles. The molecule has 36 heavy (non-hydrogen) atoms. The zero-order chi connectivity index (χ0) is 24.9. The number of nitrogens with two attached hydrogens (primary N) is 1. The maximum absolute atomic E-state index is 6.25. The fraction of sp³-hybridized carbons (Fsp3) is 0.107. The van der Waals surface area contributed by atoms with Gasteiger partial charge in [0.1, 0.15) is 0 Å². The van der Waals surface area contributed by atoms with E-state index in [1.54, 1.807) is 11.8 Å². The van der Waals surface area contributed by atoms with Gasteiger partial charge in [0.15, 0.2) is 0 Å². The van der Waals surface area contributed by atoms with Crippen LogP contribution in [0.3, 0.4) is 0 Å². The first kappa shape index (κ1) is 23.5. The Labute approximate surface area is 215 Å². The Morgan fingerprint density at radius 2 is 2.08 bits per heavy atom. The Kier molecular flexibility index (Phi) is 6.92. The second-order valence-corrected chi connectivity index (χ2v) is 9.38. The summed E-state index contributed by atoms with van der Waals surface area (Å²) < 4.78 is 5.97. The summed E-state index contributed by atoms with van der Waals surface area (Å²) in [5.74, 6) is 3.93. The van der Waals surface area contributed by atoms with Crippen molar-refractivity contribution < 1.29 is 4.74 Å². The fourth-order valence-corrected chi connectivity index (χ4v) is 4.84. The summed E-state index contributed by atoms with van der Waals surface area (Å²) in [4.78, 5) is 8.77. The molecule has 1 aliphatic heterocycles. The minimum atomic E-state index is 0.162. The van der Waals surface area contributed by atoms with Crippen LogP contribution in [-0.4, -0.2) is 29.6 Å². The summed E-state index contributed by atoms with van der Waals surface area (Å²) in [5, 5.41) is 9.86. The van der Waals surface area contributed by atoms with Crippen molar-refractivity contribution in [2.45, 2.75) is 11.7 Å². The van der Waals surface area contributed by atoms with Gasteiger partial charge in [-0.3, -0.25) is 0 Å². The number of allylic oxidation sites excluding steroid dienone is 1. The van der Waals surface area contributed by atoms with Gasteiger partial charge in [-0.05, 0) is 0 Å². The van der Waals surface area contributed by atoms with Crippen LogP contribution in [0.2, 0.25) is 0 Å². The average Bonchev–Trinajstić information content (AvgIpc) is 3.44. The molecule has 0 saturated carbocycles. The van der Waals surface area contributed by atoms with Gasteiger partial charge in [0.2, 0.25) is 0 Å². The number of nitrogens with one attached hydrogen (secondary N) is 2. The molecule has 4 N–H and O–H groups in total. The monoisotopic (exact) mass is 488 g/mol. The third kappa shape index (κ3) is 5.37. The van der Waals surface area contributed by atoms with Crippen molar-refractivity contribution in [3.63, 3.8) is 0 Å². The third-order valence-electron chi connectivity index (χ3n) is 5.73. The number of fused-ring (bicyclic) bond motifs is 1. The Balaban J connectivity index is 1.28. The van der Waals surface area contributed by atoms with Crippen LogP contribution in [0, 0.1) is 12.3 Å². The van der Waals surface area contributed by atoms with Crippen molar-refractivity contribution in [1.29, 1.82) is 0 Å². The predicted octanol–water partition coefficient (Wildman–Crippen LogP) is 5.42. The molecular weight excluding hydrogens is 465 g/mol. The Bertz CT molecular complexity index is 1510. The van der Waals surface area contributed by atoms with E-state index in [2.05, 4.69) is 44.1 Å². The molecule has 0 aliphatic carbocycles. The van der Waals surface area contributed by atoms with E-state index in [0.717, 1.165) is 34.3 Å². The summed E-state index contributed by atoms with van der Waals surface area (Å²) in [6, 6.07) is 19.2. The minimum absolute atomic E-state index is 0.162. The average molecular weight is 488 g/mol. The van der Waals surface area contributed by atoms with Crippen LogP contribution >= 0.6 is 11.8 Å². The normalized spacial score (nSPS) is 14.3. The van der Waals surface area contributed by atoms with Gasteiger partial charge < -0.3 is 0 Å². The van der Waals surface area contributed by atoms with E-state index >= 15 is 0 Å². The summed E-state index contributed by atoms with van der Waals surface area (Å²) >= 11 is 1.80. The molecule has 1 unspecified atom stereocenters. The number of anilines is 4. The molecule has 1 atom stereocenters. The number of nitrogen functional groups attached to an aromatic ring is 1. The van der Waals surface area contributed by atoms with Crippen molar-refractivity contribution in [2.24, 2.45) is 0 Å². The summed E-state index contributed by atoms with van der Waals surface area (Å²) in [7, 11) is 6.25. The Morgan fingerprint density at radius 1 is 1.17 bits per heavy atom. The molecular formula is C28H23BN5OS. The number of thioether (sulfide) groups is 1. The van der Waals surface area contributed by atoms with Gasteiger partial charge in [0, 0.05) is 0 Å². The number of terminal acetylenes is 1. The van der Waals surface area contributed by atoms with Gasteiger partial charge in [0.25, 0.3) is 0 Å². The first-order valence-electron chi connectivity index (χ1n) is 11.4. The van der Waals surface area contributed by atoms with Crippen molar-refractivity contribution >= 4 is 58.6 Å². The van der Waals surface area contributed by atoms with Gasteiger partial charge in [-0.25, -0.2) is 0 Å². The molecule has 0 amide bonds. The van der Waals surface area contributed by atoms with Crippen LogP contribution in [0.25, 0.3) is 10.9 Å². The molecule has 3 aromatic carbocycles.